The number of ketones is 1. The van der Waals surface area contributed by atoms with E-state index in [4.69, 9.17) is 5.11 Å². The molecule has 3 heteroatoms. The summed E-state index contributed by atoms with van der Waals surface area (Å²) in [7, 11) is 0. The van der Waals surface area contributed by atoms with Gasteiger partial charge in [0.15, 0.2) is 0 Å². The first-order valence-corrected chi connectivity index (χ1v) is 5.75. The average molecular weight is 214 g/mol. The van der Waals surface area contributed by atoms with Crippen molar-refractivity contribution in [1.29, 1.82) is 0 Å². The second-order valence-electron chi connectivity index (χ2n) is 4.19. The van der Waals surface area contributed by atoms with E-state index in [1.165, 1.54) is 6.92 Å². The van der Waals surface area contributed by atoms with Gasteiger partial charge < -0.3 is 9.90 Å². The molecule has 0 aliphatic heterocycles. The summed E-state index contributed by atoms with van der Waals surface area (Å²) in [5.74, 6) is -1.18. The summed E-state index contributed by atoms with van der Waals surface area (Å²) in [6.07, 6.45) is 3.94. The Hall–Kier alpha value is -0.860. The molecule has 1 atom stereocenters. The summed E-state index contributed by atoms with van der Waals surface area (Å²) >= 11 is 0. The fourth-order valence-electron chi connectivity index (χ4n) is 2.05. The topological polar surface area (TPSA) is 54.4 Å². The van der Waals surface area contributed by atoms with Crippen LogP contribution in [0, 0.1) is 11.8 Å². The Balaban J connectivity index is 4.50. The van der Waals surface area contributed by atoms with Crippen LogP contribution in [0.5, 0.6) is 0 Å². The minimum absolute atomic E-state index is 0.0281. The first kappa shape index (κ1) is 14.1. The number of hydrogen-bond acceptors (Lipinski definition) is 2. The molecule has 3 nitrogen and oxygen atoms in total. The molecule has 0 amide bonds. The van der Waals surface area contributed by atoms with E-state index in [0.29, 0.717) is 0 Å². The molecule has 88 valence electrons. The van der Waals surface area contributed by atoms with Crippen molar-refractivity contribution in [3.63, 3.8) is 0 Å². The van der Waals surface area contributed by atoms with E-state index < -0.39 is 11.9 Å². The van der Waals surface area contributed by atoms with Gasteiger partial charge in [-0.15, -0.1) is 0 Å². The first-order chi connectivity index (χ1) is 7.02. The molecule has 0 aromatic heterocycles. The van der Waals surface area contributed by atoms with Crippen LogP contribution in [0.25, 0.3) is 0 Å². The lowest BCUT2D eigenvalue weighted by Crippen LogP contribution is -2.25. The van der Waals surface area contributed by atoms with E-state index in [9.17, 15) is 9.59 Å². The van der Waals surface area contributed by atoms with Gasteiger partial charge in [0, 0.05) is 6.42 Å². The van der Waals surface area contributed by atoms with Crippen molar-refractivity contribution in [3.05, 3.63) is 0 Å². The zero-order chi connectivity index (χ0) is 11.8. The molecule has 0 fully saturated rings. The predicted molar refractivity (Wildman–Crippen MR) is 59.7 cm³/mol. The Bertz CT molecular complexity index is 205. The first-order valence-electron chi connectivity index (χ1n) is 5.75. The molecule has 0 heterocycles. The van der Waals surface area contributed by atoms with Crippen molar-refractivity contribution < 1.29 is 14.7 Å². The highest BCUT2D eigenvalue weighted by molar-refractivity contribution is 5.82. The monoisotopic (exact) mass is 214 g/mol. The molecule has 0 aromatic rings. The Kier molecular flexibility index (Phi) is 7.01. The lowest BCUT2D eigenvalue weighted by molar-refractivity contribution is -0.146. The van der Waals surface area contributed by atoms with Crippen LogP contribution >= 0.6 is 0 Å². The van der Waals surface area contributed by atoms with Gasteiger partial charge in [-0.05, 0) is 25.7 Å². The van der Waals surface area contributed by atoms with Gasteiger partial charge in [0.05, 0.1) is 5.92 Å². The quantitative estimate of drug-likeness (QED) is 0.676. The number of Topliss-reactive ketones (excluding diaryl/α,β-unsaturated/α-hetero) is 1. The highest BCUT2D eigenvalue weighted by atomic mass is 16.4. The van der Waals surface area contributed by atoms with Gasteiger partial charge in [-0.1, -0.05) is 26.7 Å². The summed E-state index contributed by atoms with van der Waals surface area (Å²) < 4.78 is 0. The fourth-order valence-corrected chi connectivity index (χ4v) is 2.05. The lowest BCUT2D eigenvalue weighted by atomic mass is 9.82. The van der Waals surface area contributed by atoms with E-state index in [1.54, 1.807) is 0 Å². The Morgan fingerprint density at radius 1 is 1.13 bits per heavy atom. The van der Waals surface area contributed by atoms with Gasteiger partial charge in [-0.25, -0.2) is 0 Å². The summed E-state index contributed by atoms with van der Waals surface area (Å²) in [6.45, 7) is 5.57. The Labute approximate surface area is 91.9 Å². The molecule has 1 unspecified atom stereocenters. The van der Waals surface area contributed by atoms with Crippen LogP contribution < -0.4 is 0 Å². The SMILES string of the molecule is CCCC(CCC)C(CC(C)=O)C(=O)O. The number of carboxylic acid groups (broad SMARTS) is 1. The second kappa shape index (κ2) is 7.43. The van der Waals surface area contributed by atoms with Crippen LogP contribution in [0.4, 0.5) is 0 Å². The molecule has 0 spiro atoms. The van der Waals surface area contributed by atoms with Gasteiger partial charge in [0.2, 0.25) is 0 Å². The van der Waals surface area contributed by atoms with Gasteiger partial charge >= 0.3 is 5.97 Å². The Morgan fingerprint density at radius 3 is 1.87 bits per heavy atom. The van der Waals surface area contributed by atoms with Crippen LogP contribution in [0.3, 0.4) is 0 Å². The minimum Gasteiger partial charge on any atom is -0.481 e. The predicted octanol–water partition coefficient (Wildman–Crippen LogP) is 2.88. The molecule has 0 bridgehead atoms. The highest BCUT2D eigenvalue weighted by Crippen LogP contribution is 2.26. The van der Waals surface area contributed by atoms with Crippen molar-refractivity contribution >= 4 is 11.8 Å². The van der Waals surface area contributed by atoms with Crippen molar-refractivity contribution in [1.82, 2.24) is 0 Å². The van der Waals surface area contributed by atoms with Crippen molar-refractivity contribution in [2.75, 3.05) is 0 Å². The van der Waals surface area contributed by atoms with Crippen molar-refractivity contribution in [2.24, 2.45) is 11.8 Å². The van der Waals surface area contributed by atoms with Crippen molar-refractivity contribution in [3.8, 4) is 0 Å². The highest BCUT2D eigenvalue weighted by Gasteiger charge is 2.27. The molecule has 15 heavy (non-hydrogen) atoms. The normalized spacial score (nSPS) is 12.8. The largest absolute Gasteiger partial charge is 0.481 e. The van der Waals surface area contributed by atoms with Gasteiger partial charge in [0.1, 0.15) is 5.78 Å². The van der Waals surface area contributed by atoms with E-state index >= 15 is 0 Å². The molecule has 0 aliphatic carbocycles. The van der Waals surface area contributed by atoms with Crippen LogP contribution in [0.15, 0.2) is 0 Å². The number of aliphatic carboxylic acids is 1. The molecule has 0 saturated carbocycles. The lowest BCUT2D eigenvalue weighted by Gasteiger charge is -2.22. The third kappa shape index (κ3) is 5.55. The van der Waals surface area contributed by atoms with Crippen molar-refractivity contribution in [2.45, 2.75) is 52.9 Å². The van der Waals surface area contributed by atoms with Crippen LogP contribution in [-0.2, 0) is 9.59 Å². The molecule has 0 rings (SSSR count). The van der Waals surface area contributed by atoms with E-state index in [1.807, 2.05) is 0 Å². The maximum absolute atomic E-state index is 11.1. The number of carboxylic acids is 1. The maximum Gasteiger partial charge on any atom is 0.307 e. The minimum atomic E-state index is -0.822. The van der Waals surface area contributed by atoms with Crippen LogP contribution in [-0.4, -0.2) is 16.9 Å². The molecular formula is C12H22O3. The van der Waals surface area contributed by atoms with Crippen LogP contribution in [0.2, 0.25) is 0 Å². The van der Waals surface area contributed by atoms with Gasteiger partial charge in [-0.3, -0.25) is 4.79 Å². The average Bonchev–Trinajstić information content (AvgIpc) is 2.13. The van der Waals surface area contributed by atoms with E-state index in [2.05, 4.69) is 13.8 Å². The number of carbonyl (C=O) groups excluding carboxylic acids is 1. The zero-order valence-electron chi connectivity index (χ0n) is 9.95. The molecular weight excluding hydrogens is 192 g/mol. The summed E-state index contributed by atoms with van der Waals surface area (Å²) in [4.78, 5) is 22.1. The zero-order valence-corrected chi connectivity index (χ0v) is 9.95. The molecule has 1 N–H and O–H groups in total. The third-order valence-electron chi connectivity index (χ3n) is 2.71. The number of carbonyl (C=O) groups is 2. The molecule has 0 saturated heterocycles. The molecule has 0 aliphatic rings. The Morgan fingerprint density at radius 2 is 1.60 bits per heavy atom. The standard InChI is InChI=1S/C12H22O3/c1-4-6-10(7-5-2)11(12(14)15)8-9(3)13/h10-11H,4-8H2,1-3H3,(H,14,15). The van der Waals surface area contributed by atoms with Gasteiger partial charge in [-0.2, -0.15) is 0 Å². The fraction of sp³-hybridized carbons (Fsp3) is 0.833. The smallest absolute Gasteiger partial charge is 0.307 e. The molecule has 0 radical (unpaired) electrons. The van der Waals surface area contributed by atoms with Crippen LogP contribution in [0.1, 0.15) is 52.9 Å². The summed E-state index contributed by atoms with van der Waals surface area (Å²) in [5, 5.41) is 9.09. The maximum atomic E-state index is 11.1. The van der Waals surface area contributed by atoms with E-state index in [-0.39, 0.29) is 18.1 Å². The number of hydrogen-bond donors (Lipinski definition) is 1. The van der Waals surface area contributed by atoms with Gasteiger partial charge in [0.25, 0.3) is 0 Å². The summed E-state index contributed by atoms with van der Waals surface area (Å²) in [5.41, 5.74) is 0. The molecule has 0 aromatic carbocycles. The summed E-state index contributed by atoms with van der Waals surface area (Å²) in [6, 6.07) is 0. The van der Waals surface area contributed by atoms with E-state index in [0.717, 1.165) is 25.7 Å². The third-order valence-corrected chi connectivity index (χ3v) is 2.71. The number of rotatable bonds is 8. The second-order valence-corrected chi connectivity index (χ2v) is 4.19.